The molecule has 0 aliphatic heterocycles. The van der Waals surface area contributed by atoms with Crippen LogP contribution in [0.3, 0.4) is 0 Å². The van der Waals surface area contributed by atoms with Gasteiger partial charge in [0.25, 0.3) is 0 Å². The Kier molecular flexibility index (Phi) is 3.04. The number of aromatic nitrogens is 4. The Balaban J connectivity index is 0.000000111. The van der Waals surface area contributed by atoms with Crippen molar-refractivity contribution < 1.29 is 4.52 Å². The summed E-state index contributed by atoms with van der Waals surface area (Å²) in [6.07, 6.45) is 12.0. The number of fused-ring (bicyclic) bond motifs is 2. The van der Waals surface area contributed by atoms with Crippen LogP contribution in [-0.4, -0.2) is 19.8 Å². The Labute approximate surface area is 104 Å². The Morgan fingerprint density at radius 1 is 1.17 bits per heavy atom. The van der Waals surface area contributed by atoms with Crippen LogP contribution in [0.25, 0.3) is 5.65 Å². The number of hydrogen-bond donors (Lipinski definition) is 0. The lowest BCUT2D eigenvalue weighted by Gasteiger charge is -2.05. The van der Waals surface area contributed by atoms with Crippen molar-refractivity contribution in [3.05, 3.63) is 48.2 Å². The van der Waals surface area contributed by atoms with Gasteiger partial charge in [-0.25, -0.2) is 9.50 Å². The Morgan fingerprint density at radius 3 is 3.00 bits per heavy atom. The van der Waals surface area contributed by atoms with Crippen LogP contribution in [0.5, 0.6) is 0 Å². The maximum atomic E-state index is 5.01. The number of hydrogen-bond acceptors (Lipinski definition) is 4. The molecule has 0 atom stereocenters. The predicted molar refractivity (Wildman–Crippen MR) is 66.1 cm³/mol. The zero-order valence-electron chi connectivity index (χ0n) is 9.99. The van der Waals surface area contributed by atoms with Crippen molar-refractivity contribution in [2.45, 2.75) is 25.7 Å². The summed E-state index contributed by atoms with van der Waals surface area (Å²) >= 11 is 0. The van der Waals surface area contributed by atoms with Gasteiger partial charge in [-0.3, -0.25) is 0 Å². The molecule has 0 amide bonds. The highest BCUT2D eigenvalue weighted by Gasteiger charge is 2.11. The van der Waals surface area contributed by atoms with E-state index in [9.17, 15) is 0 Å². The van der Waals surface area contributed by atoms with Crippen LogP contribution in [0.15, 0.2) is 41.4 Å². The van der Waals surface area contributed by atoms with E-state index >= 15 is 0 Å². The van der Waals surface area contributed by atoms with Crippen molar-refractivity contribution in [1.82, 2.24) is 19.8 Å². The SMILES string of the molecule is c1cnc2ccnn2c1.c1noc2c1CCCC2. The molecule has 0 spiro atoms. The van der Waals surface area contributed by atoms with Gasteiger partial charge in [0.05, 0.1) is 12.4 Å². The molecule has 0 radical (unpaired) electrons. The van der Waals surface area contributed by atoms with E-state index in [0.29, 0.717) is 0 Å². The van der Waals surface area contributed by atoms with Crippen molar-refractivity contribution >= 4 is 5.65 Å². The smallest absolute Gasteiger partial charge is 0.154 e. The average Bonchev–Trinajstić information content (AvgIpc) is 3.08. The summed E-state index contributed by atoms with van der Waals surface area (Å²) in [4.78, 5) is 4.04. The number of aryl methyl sites for hydroxylation is 2. The van der Waals surface area contributed by atoms with Crippen LogP contribution in [0.4, 0.5) is 0 Å². The zero-order valence-corrected chi connectivity index (χ0v) is 9.99. The molecular weight excluding hydrogens is 228 g/mol. The average molecular weight is 242 g/mol. The van der Waals surface area contributed by atoms with Crippen molar-refractivity contribution in [2.24, 2.45) is 0 Å². The quantitative estimate of drug-likeness (QED) is 0.607. The lowest BCUT2D eigenvalue weighted by atomic mass is 9.99. The minimum Gasteiger partial charge on any atom is -0.361 e. The van der Waals surface area contributed by atoms with Gasteiger partial charge in [0.1, 0.15) is 5.76 Å². The number of rotatable bonds is 0. The van der Waals surface area contributed by atoms with Crippen molar-refractivity contribution in [3.8, 4) is 0 Å². The monoisotopic (exact) mass is 242 g/mol. The second kappa shape index (κ2) is 5.00. The summed E-state index contributed by atoms with van der Waals surface area (Å²) in [6.45, 7) is 0. The van der Waals surface area contributed by atoms with Crippen LogP contribution in [0.2, 0.25) is 0 Å². The fourth-order valence-corrected chi connectivity index (χ4v) is 2.06. The summed E-state index contributed by atoms with van der Waals surface area (Å²) in [5.41, 5.74) is 2.21. The summed E-state index contributed by atoms with van der Waals surface area (Å²) in [5, 5.41) is 7.70. The van der Waals surface area contributed by atoms with Gasteiger partial charge >= 0.3 is 0 Å². The van der Waals surface area contributed by atoms with E-state index in [1.807, 2.05) is 24.5 Å². The van der Waals surface area contributed by atoms with Crippen LogP contribution >= 0.6 is 0 Å². The highest BCUT2D eigenvalue weighted by molar-refractivity contribution is 5.34. The zero-order chi connectivity index (χ0) is 12.2. The second-order valence-electron chi connectivity index (χ2n) is 4.23. The fourth-order valence-electron chi connectivity index (χ4n) is 2.06. The largest absolute Gasteiger partial charge is 0.361 e. The molecule has 0 saturated carbocycles. The number of nitrogens with zero attached hydrogens (tertiary/aromatic N) is 4. The van der Waals surface area contributed by atoms with E-state index in [2.05, 4.69) is 15.2 Å². The van der Waals surface area contributed by atoms with Crippen molar-refractivity contribution in [1.29, 1.82) is 0 Å². The normalized spacial score (nSPS) is 13.8. The topological polar surface area (TPSA) is 56.2 Å². The lowest BCUT2D eigenvalue weighted by molar-refractivity contribution is 0.372. The molecule has 0 fully saturated rings. The van der Waals surface area contributed by atoms with E-state index < -0.39 is 0 Å². The van der Waals surface area contributed by atoms with Crippen LogP contribution in [0.1, 0.15) is 24.2 Å². The fraction of sp³-hybridized carbons (Fsp3) is 0.308. The van der Waals surface area contributed by atoms with Gasteiger partial charge in [-0.15, -0.1) is 0 Å². The van der Waals surface area contributed by atoms with Gasteiger partial charge in [0.15, 0.2) is 5.65 Å². The molecule has 0 aromatic carbocycles. The van der Waals surface area contributed by atoms with Gasteiger partial charge in [-0.2, -0.15) is 5.10 Å². The third kappa shape index (κ3) is 2.25. The predicted octanol–water partition coefficient (Wildman–Crippen LogP) is 2.28. The van der Waals surface area contributed by atoms with Crippen LogP contribution in [-0.2, 0) is 12.8 Å². The first-order chi connectivity index (χ1) is 8.93. The standard InChI is InChI=1S/C7H9NO.C6H5N3/c1-2-4-7-6(3-1)5-8-9-7;1-3-7-6-2-4-8-9(6)5-1/h5H,1-4H2;1-5H. The highest BCUT2D eigenvalue weighted by Crippen LogP contribution is 2.19. The second-order valence-corrected chi connectivity index (χ2v) is 4.23. The van der Waals surface area contributed by atoms with Gasteiger partial charge in [0.2, 0.25) is 0 Å². The molecule has 3 heterocycles. The molecule has 3 aromatic rings. The van der Waals surface area contributed by atoms with Gasteiger partial charge in [-0.1, -0.05) is 5.16 Å². The minimum atomic E-state index is 0.887. The third-order valence-corrected chi connectivity index (χ3v) is 3.00. The minimum absolute atomic E-state index is 0.887. The molecule has 4 rings (SSSR count). The summed E-state index contributed by atoms with van der Waals surface area (Å²) in [6, 6.07) is 3.71. The summed E-state index contributed by atoms with van der Waals surface area (Å²) in [5.74, 6) is 1.11. The molecule has 1 aliphatic rings. The molecule has 0 bridgehead atoms. The van der Waals surface area contributed by atoms with E-state index in [-0.39, 0.29) is 0 Å². The molecule has 18 heavy (non-hydrogen) atoms. The first-order valence-corrected chi connectivity index (χ1v) is 6.10. The summed E-state index contributed by atoms with van der Waals surface area (Å²) in [7, 11) is 0. The van der Waals surface area contributed by atoms with E-state index in [1.54, 1.807) is 16.9 Å². The van der Waals surface area contributed by atoms with Crippen LogP contribution < -0.4 is 0 Å². The molecule has 5 nitrogen and oxygen atoms in total. The Hall–Kier alpha value is -2.17. The molecule has 5 heteroatoms. The molecule has 0 N–H and O–H groups in total. The molecule has 3 aromatic heterocycles. The van der Waals surface area contributed by atoms with E-state index in [4.69, 9.17) is 4.52 Å². The van der Waals surface area contributed by atoms with Crippen molar-refractivity contribution in [3.63, 3.8) is 0 Å². The Morgan fingerprint density at radius 2 is 2.11 bits per heavy atom. The van der Waals surface area contributed by atoms with Gasteiger partial charge in [0, 0.05) is 30.4 Å². The Bertz CT molecular complexity index is 578. The van der Waals surface area contributed by atoms with E-state index in [1.165, 1.54) is 24.8 Å². The maximum Gasteiger partial charge on any atom is 0.154 e. The van der Waals surface area contributed by atoms with Gasteiger partial charge < -0.3 is 4.52 Å². The third-order valence-electron chi connectivity index (χ3n) is 3.00. The van der Waals surface area contributed by atoms with Crippen molar-refractivity contribution in [2.75, 3.05) is 0 Å². The first kappa shape index (κ1) is 11.0. The molecule has 92 valence electrons. The maximum absolute atomic E-state index is 5.01. The molecule has 1 aliphatic carbocycles. The molecule has 0 unspecified atom stereocenters. The molecular formula is C13H14N4O. The lowest BCUT2D eigenvalue weighted by Crippen LogP contribution is -1.97. The first-order valence-electron chi connectivity index (χ1n) is 6.10. The van der Waals surface area contributed by atoms with E-state index in [0.717, 1.165) is 17.8 Å². The highest BCUT2D eigenvalue weighted by atomic mass is 16.5. The summed E-state index contributed by atoms with van der Waals surface area (Å²) < 4.78 is 6.73. The van der Waals surface area contributed by atoms with Crippen LogP contribution in [0, 0.1) is 0 Å². The van der Waals surface area contributed by atoms with Gasteiger partial charge in [-0.05, 0) is 25.3 Å². The molecule has 0 saturated heterocycles.